The first-order valence-corrected chi connectivity index (χ1v) is 6.78. The highest BCUT2D eigenvalue weighted by Crippen LogP contribution is 2.53. The fourth-order valence-electron chi connectivity index (χ4n) is 3.34. The molecule has 2 aliphatic carbocycles. The first kappa shape index (κ1) is 11.3. The molecule has 0 radical (unpaired) electrons. The van der Waals surface area contributed by atoms with Crippen LogP contribution in [-0.4, -0.2) is 5.11 Å². The lowest BCUT2D eigenvalue weighted by molar-refractivity contribution is 0.467. The van der Waals surface area contributed by atoms with Gasteiger partial charge in [-0.25, -0.2) is 0 Å². The number of benzene rings is 3. The Bertz CT molecular complexity index is 697. The Hall–Kier alpha value is -2.54. The van der Waals surface area contributed by atoms with Crippen molar-refractivity contribution in [3.8, 4) is 5.75 Å². The Morgan fingerprint density at radius 1 is 0.550 bits per heavy atom. The maximum atomic E-state index is 9.78. The molecule has 0 unspecified atom stereocenters. The summed E-state index contributed by atoms with van der Waals surface area (Å²) in [5, 5.41) is 9.78. The molecule has 0 fully saturated rings. The van der Waals surface area contributed by atoms with E-state index >= 15 is 0 Å². The van der Waals surface area contributed by atoms with Gasteiger partial charge < -0.3 is 5.11 Å². The van der Waals surface area contributed by atoms with E-state index in [0.29, 0.717) is 5.75 Å². The van der Waals surface area contributed by atoms with Gasteiger partial charge in [0, 0.05) is 0 Å². The van der Waals surface area contributed by atoms with Crippen LogP contribution in [0.3, 0.4) is 0 Å². The smallest absolute Gasteiger partial charge is 0.116 e. The van der Waals surface area contributed by atoms with Crippen LogP contribution in [0.15, 0.2) is 78.9 Å². The van der Waals surface area contributed by atoms with Crippen LogP contribution in [0.5, 0.6) is 5.75 Å². The van der Waals surface area contributed by atoms with E-state index in [1.165, 1.54) is 11.1 Å². The first-order chi connectivity index (χ1) is 9.81. The van der Waals surface area contributed by atoms with E-state index in [0.717, 1.165) is 11.1 Å². The zero-order chi connectivity index (χ0) is 13.6. The lowest BCUT2D eigenvalue weighted by Crippen LogP contribution is -2.37. The molecule has 0 amide bonds. The highest BCUT2D eigenvalue weighted by Gasteiger charge is 2.45. The molecule has 0 heterocycles. The number of hydrogen-bond donors (Lipinski definition) is 1. The molecular weight excluding hydrogens is 244 g/mol. The number of fused-ring (bicyclic) bond motifs is 2. The minimum atomic E-state index is -0.214. The normalized spacial score (nSPS) is 14.6. The highest BCUT2D eigenvalue weighted by atomic mass is 16.3. The third-order valence-electron chi connectivity index (χ3n) is 4.20. The molecule has 0 saturated heterocycles. The van der Waals surface area contributed by atoms with Gasteiger partial charge in [0.15, 0.2) is 0 Å². The topological polar surface area (TPSA) is 20.2 Å². The number of phenols is 1. The predicted octanol–water partition coefficient (Wildman–Crippen LogP) is 4.09. The molecule has 0 aromatic heterocycles. The van der Waals surface area contributed by atoms with E-state index in [1.54, 1.807) is 0 Å². The van der Waals surface area contributed by atoms with Gasteiger partial charge in [-0.3, -0.25) is 0 Å². The molecule has 20 heavy (non-hydrogen) atoms. The summed E-state index contributed by atoms with van der Waals surface area (Å²) in [5.74, 6) is 0.347. The zero-order valence-corrected chi connectivity index (χ0v) is 11.0. The molecule has 1 N–H and O–H groups in total. The summed E-state index contributed by atoms with van der Waals surface area (Å²) >= 11 is 0. The van der Waals surface area contributed by atoms with Gasteiger partial charge in [0.25, 0.3) is 0 Å². The molecule has 2 bridgehead atoms. The molecule has 0 spiro atoms. The van der Waals surface area contributed by atoms with Crippen molar-refractivity contribution in [2.75, 3.05) is 0 Å². The molecule has 1 nitrogen and oxygen atoms in total. The van der Waals surface area contributed by atoms with Crippen LogP contribution in [0.25, 0.3) is 0 Å². The summed E-state index contributed by atoms with van der Waals surface area (Å²) in [5.41, 5.74) is 4.60. The fourth-order valence-corrected chi connectivity index (χ4v) is 3.34. The molecule has 2 aliphatic rings. The van der Waals surface area contributed by atoms with Crippen molar-refractivity contribution in [3.05, 3.63) is 101 Å². The molecular formula is C19H14O. The van der Waals surface area contributed by atoms with Gasteiger partial charge >= 0.3 is 0 Å². The van der Waals surface area contributed by atoms with Crippen molar-refractivity contribution >= 4 is 0 Å². The molecule has 5 rings (SSSR count). The second-order valence-corrected chi connectivity index (χ2v) is 5.25. The van der Waals surface area contributed by atoms with Crippen molar-refractivity contribution in [1.29, 1.82) is 0 Å². The van der Waals surface area contributed by atoms with Crippen LogP contribution in [0.2, 0.25) is 0 Å². The zero-order valence-electron chi connectivity index (χ0n) is 11.0. The number of aromatic hydroxyl groups is 1. The SMILES string of the molecule is Oc1cc2cc(c1)C2(c1ccccc1)c1ccccc1. The van der Waals surface area contributed by atoms with E-state index < -0.39 is 0 Å². The van der Waals surface area contributed by atoms with Crippen LogP contribution >= 0.6 is 0 Å². The Morgan fingerprint density at radius 3 is 1.45 bits per heavy atom. The summed E-state index contributed by atoms with van der Waals surface area (Å²) < 4.78 is 0. The summed E-state index contributed by atoms with van der Waals surface area (Å²) in [6.07, 6.45) is 0. The van der Waals surface area contributed by atoms with Crippen LogP contribution in [0.4, 0.5) is 0 Å². The molecule has 0 aliphatic heterocycles. The van der Waals surface area contributed by atoms with Gasteiger partial charge in [-0.2, -0.15) is 0 Å². The number of rotatable bonds is 2. The van der Waals surface area contributed by atoms with E-state index in [-0.39, 0.29) is 5.41 Å². The minimum absolute atomic E-state index is 0.214. The Balaban J connectivity index is 2.01. The Labute approximate surface area is 118 Å². The average molecular weight is 258 g/mol. The van der Waals surface area contributed by atoms with Crippen molar-refractivity contribution in [3.63, 3.8) is 0 Å². The maximum absolute atomic E-state index is 9.78. The quantitative estimate of drug-likeness (QED) is 0.574. The Morgan fingerprint density at radius 2 is 1.00 bits per heavy atom. The third kappa shape index (κ3) is 1.32. The lowest BCUT2D eigenvalue weighted by atomic mass is 9.58. The van der Waals surface area contributed by atoms with Gasteiger partial charge in [0.05, 0.1) is 5.41 Å². The highest BCUT2D eigenvalue weighted by molar-refractivity contribution is 5.68. The Kier molecular flexibility index (Phi) is 2.25. The van der Waals surface area contributed by atoms with Crippen LogP contribution in [-0.2, 0) is 5.41 Å². The van der Waals surface area contributed by atoms with E-state index in [9.17, 15) is 5.11 Å². The predicted molar refractivity (Wildman–Crippen MR) is 80.0 cm³/mol. The van der Waals surface area contributed by atoms with Gasteiger partial charge in [0.1, 0.15) is 5.75 Å². The summed E-state index contributed by atoms with van der Waals surface area (Å²) in [7, 11) is 0. The first-order valence-electron chi connectivity index (χ1n) is 6.78. The van der Waals surface area contributed by atoms with Crippen molar-refractivity contribution in [2.24, 2.45) is 0 Å². The van der Waals surface area contributed by atoms with Gasteiger partial charge in [0.2, 0.25) is 0 Å². The van der Waals surface area contributed by atoms with Gasteiger partial charge in [-0.15, -0.1) is 0 Å². The van der Waals surface area contributed by atoms with Crippen LogP contribution in [0.1, 0.15) is 22.3 Å². The van der Waals surface area contributed by atoms with Gasteiger partial charge in [-0.1, -0.05) is 66.7 Å². The summed E-state index contributed by atoms with van der Waals surface area (Å²) in [4.78, 5) is 0. The molecule has 0 atom stereocenters. The molecule has 3 aromatic rings. The molecule has 1 heteroatoms. The van der Waals surface area contributed by atoms with Crippen molar-refractivity contribution in [2.45, 2.75) is 5.41 Å². The third-order valence-corrected chi connectivity index (χ3v) is 4.20. The molecule has 3 aromatic carbocycles. The van der Waals surface area contributed by atoms with Gasteiger partial charge in [-0.05, 0) is 34.4 Å². The standard InChI is InChI=1S/C19H14O/c20-18-12-16-11-17(13-18)19(16,14-7-3-1-4-8-14)15-9-5-2-6-10-15/h1-13,20H. The largest absolute Gasteiger partial charge is 0.508 e. The second kappa shape index (κ2) is 3.97. The molecule has 0 saturated carbocycles. The van der Waals surface area contributed by atoms with E-state index in [1.807, 2.05) is 24.3 Å². The van der Waals surface area contributed by atoms with E-state index in [2.05, 4.69) is 54.6 Å². The minimum Gasteiger partial charge on any atom is -0.508 e. The lowest BCUT2D eigenvalue weighted by Gasteiger charge is -2.43. The fraction of sp³-hybridized carbons (Fsp3) is 0.0526. The van der Waals surface area contributed by atoms with Crippen molar-refractivity contribution < 1.29 is 5.11 Å². The summed E-state index contributed by atoms with van der Waals surface area (Å²) in [6, 6.07) is 26.9. The molecule has 96 valence electrons. The number of hydrogen-bond acceptors (Lipinski definition) is 1. The maximum Gasteiger partial charge on any atom is 0.116 e. The van der Waals surface area contributed by atoms with Crippen LogP contribution < -0.4 is 0 Å². The monoisotopic (exact) mass is 258 g/mol. The van der Waals surface area contributed by atoms with Crippen molar-refractivity contribution in [1.82, 2.24) is 0 Å². The van der Waals surface area contributed by atoms with Crippen LogP contribution in [0, 0.1) is 0 Å². The summed E-state index contributed by atoms with van der Waals surface area (Å²) in [6.45, 7) is 0. The number of phenolic OH excluding ortho intramolecular Hbond substituents is 1. The second-order valence-electron chi connectivity index (χ2n) is 5.25. The average Bonchev–Trinajstić information content (AvgIpc) is 2.49. The van der Waals surface area contributed by atoms with E-state index in [4.69, 9.17) is 0 Å².